The van der Waals surface area contributed by atoms with E-state index < -0.39 is 11.7 Å². The minimum absolute atomic E-state index is 0.589. The summed E-state index contributed by atoms with van der Waals surface area (Å²) in [6.07, 6.45) is -4.27. The maximum atomic E-state index is 12.5. The summed E-state index contributed by atoms with van der Waals surface area (Å²) >= 11 is 0. The van der Waals surface area contributed by atoms with Crippen LogP contribution in [0.2, 0.25) is 0 Å². The second-order valence-electron chi connectivity index (χ2n) is 3.74. The molecule has 1 aromatic carbocycles. The van der Waals surface area contributed by atoms with E-state index in [1.807, 2.05) is 11.8 Å². The molecule has 1 aliphatic heterocycles. The van der Waals surface area contributed by atoms with E-state index in [4.69, 9.17) is 0 Å². The molecule has 2 nitrogen and oxygen atoms in total. The number of halogens is 3. The highest BCUT2D eigenvalue weighted by atomic mass is 19.4. The average molecular weight is 230 g/mol. The van der Waals surface area contributed by atoms with E-state index in [9.17, 15) is 13.2 Å². The van der Waals surface area contributed by atoms with Crippen molar-refractivity contribution in [1.29, 1.82) is 0 Å². The number of fused-ring (bicyclic) bond motifs is 1. The van der Waals surface area contributed by atoms with Gasteiger partial charge in [0.1, 0.15) is 0 Å². The quantitative estimate of drug-likeness (QED) is 0.797. The average Bonchev–Trinajstić information content (AvgIpc) is 2.26. The highest BCUT2D eigenvalue weighted by molar-refractivity contribution is 5.73. The predicted octanol–water partition coefficient (Wildman–Crippen LogP) is 2.96. The summed E-state index contributed by atoms with van der Waals surface area (Å²) in [5.74, 6) is 0. The van der Waals surface area contributed by atoms with Crippen LogP contribution in [0.5, 0.6) is 0 Å². The normalized spacial score (nSPS) is 15.6. The largest absolute Gasteiger partial charge is 0.416 e. The Labute approximate surface area is 92.1 Å². The Balaban J connectivity index is 2.43. The highest BCUT2D eigenvalue weighted by Gasteiger charge is 2.31. The van der Waals surface area contributed by atoms with Crippen LogP contribution in [0, 0.1) is 0 Å². The van der Waals surface area contributed by atoms with Gasteiger partial charge in [0.2, 0.25) is 0 Å². The number of hydrogen-bond donors (Lipinski definition) is 1. The van der Waals surface area contributed by atoms with E-state index in [0.717, 1.165) is 31.4 Å². The summed E-state index contributed by atoms with van der Waals surface area (Å²) in [6, 6.07) is 3.83. The number of hydrogen-bond acceptors (Lipinski definition) is 2. The summed E-state index contributed by atoms with van der Waals surface area (Å²) in [4.78, 5) is 1.95. The third-order valence-corrected chi connectivity index (χ3v) is 2.74. The van der Waals surface area contributed by atoms with E-state index in [0.29, 0.717) is 5.69 Å². The monoisotopic (exact) mass is 230 g/mol. The SMILES string of the molecule is CCN1CCNc2ccc(C(F)(F)F)cc21. The van der Waals surface area contributed by atoms with Crippen molar-refractivity contribution in [3.05, 3.63) is 23.8 Å². The fraction of sp³-hybridized carbons (Fsp3) is 0.455. The van der Waals surface area contributed by atoms with Gasteiger partial charge in [0.05, 0.1) is 16.9 Å². The van der Waals surface area contributed by atoms with Gasteiger partial charge in [0.25, 0.3) is 0 Å². The van der Waals surface area contributed by atoms with Gasteiger partial charge in [-0.2, -0.15) is 13.2 Å². The van der Waals surface area contributed by atoms with Crippen molar-refractivity contribution in [3.8, 4) is 0 Å². The lowest BCUT2D eigenvalue weighted by molar-refractivity contribution is -0.137. The summed E-state index contributed by atoms with van der Waals surface area (Å²) in [7, 11) is 0. The molecule has 1 aliphatic rings. The molecule has 0 amide bonds. The lowest BCUT2D eigenvalue weighted by Crippen LogP contribution is -2.33. The molecule has 0 spiro atoms. The number of benzene rings is 1. The zero-order chi connectivity index (χ0) is 11.8. The number of anilines is 2. The van der Waals surface area contributed by atoms with Gasteiger partial charge in [-0.25, -0.2) is 0 Å². The number of rotatable bonds is 1. The highest BCUT2D eigenvalue weighted by Crippen LogP contribution is 2.36. The Hall–Kier alpha value is -1.39. The first kappa shape index (κ1) is 11.1. The first-order valence-corrected chi connectivity index (χ1v) is 5.22. The van der Waals surface area contributed by atoms with E-state index >= 15 is 0 Å². The van der Waals surface area contributed by atoms with Gasteiger partial charge in [-0.15, -0.1) is 0 Å². The van der Waals surface area contributed by atoms with Crippen LogP contribution in [0.1, 0.15) is 12.5 Å². The third-order valence-electron chi connectivity index (χ3n) is 2.74. The van der Waals surface area contributed by atoms with Crippen LogP contribution >= 0.6 is 0 Å². The second-order valence-corrected chi connectivity index (χ2v) is 3.74. The van der Waals surface area contributed by atoms with Crippen molar-refractivity contribution in [2.24, 2.45) is 0 Å². The van der Waals surface area contributed by atoms with Gasteiger partial charge in [-0.1, -0.05) is 0 Å². The summed E-state index contributed by atoms with van der Waals surface area (Å²) < 4.78 is 37.6. The molecule has 0 radical (unpaired) electrons. The maximum absolute atomic E-state index is 12.5. The van der Waals surface area contributed by atoms with Gasteiger partial charge < -0.3 is 10.2 Å². The van der Waals surface area contributed by atoms with Crippen LogP contribution in [0.4, 0.5) is 24.5 Å². The van der Waals surface area contributed by atoms with Crippen molar-refractivity contribution in [3.63, 3.8) is 0 Å². The maximum Gasteiger partial charge on any atom is 0.416 e. The summed E-state index contributed by atoms with van der Waals surface area (Å²) in [5, 5.41) is 3.10. The molecule has 16 heavy (non-hydrogen) atoms. The molecule has 0 fully saturated rings. The number of alkyl halides is 3. The molecule has 0 atom stereocenters. The molecular weight excluding hydrogens is 217 g/mol. The Kier molecular flexibility index (Phi) is 2.69. The van der Waals surface area contributed by atoms with Crippen LogP contribution in [0.25, 0.3) is 0 Å². The van der Waals surface area contributed by atoms with Crippen molar-refractivity contribution >= 4 is 11.4 Å². The van der Waals surface area contributed by atoms with Crippen molar-refractivity contribution < 1.29 is 13.2 Å². The van der Waals surface area contributed by atoms with E-state index in [2.05, 4.69) is 5.32 Å². The number of likely N-dealkylation sites (N-methyl/N-ethyl adjacent to an activating group) is 1. The third kappa shape index (κ3) is 1.94. The first-order chi connectivity index (χ1) is 7.52. The lowest BCUT2D eigenvalue weighted by Gasteiger charge is -2.31. The summed E-state index contributed by atoms with van der Waals surface area (Å²) in [5.41, 5.74) is 0.832. The van der Waals surface area contributed by atoms with E-state index in [1.165, 1.54) is 12.1 Å². The van der Waals surface area contributed by atoms with Crippen LogP contribution in [0.15, 0.2) is 18.2 Å². The molecule has 2 rings (SSSR count). The Bertz CT molecular complexity index is 387. The Morgan fingerprint density at radius 1 is 1.38 bits per heavy atom. The molecule has 88 valence electrons. The topological polar surface area (TPSA) is 15.3 Å². The zero-order valence-electron chi connectivity index (χ0n) is 8.93. The molecule has 0 saturated carbocycles. The van der Waals surface area contributed by atoms with Crippen molar-refractivity contribution in [1.82, 2.24) is 0 Å². The zero-order valence-corrected chi connectivity index (χ0v) is 8.93. The molecule has 1 heterocycles. The molecule has 0 unspecified atom stereocenters. The Morgan fingerprint density at radius 2 is 2.12 bits per heavy atom. The smallest absolute Gasteiger partial charge is 0.382 e. The van der Waals surface area contributed by atoms with Crippen molar-refractivity contribution in [2.45, 2.75) is 13.1 Å². The number of nitrogens with zero attached hydrogens (tertiary/aromatic N) is 1. The number of nitrogens with one attached hydrogen (secondary N) is 1. The van der Waals surface area contributed by atoms with Crippen LogP contribution in [-0.2, 0) is 6.18 Å². The van der Waals surface area contributed by atoms with Gasteiger partial charge in [0, 0.05) is 19.6 Å². The fourth-order valence-corrected chi connectivity index (χ4v) is 1.89. The van der Waals surface area contributed by atoms with Gasteiger partial charge in [0.15, 0.2) is 0 Å². The van der Waals surface area contributed by atoms with Crippen LogP contribution in [0.3, 0.4) is 0 Å². The molecule has 0 bridgehead atoms. The molecule has 0 aliphatic carbocycles. The van der Waals surface area contributed by atoms with Crippen molar-refractivity contribution in [2.75, 3.05) is 29.9 Å². The first-order valence-electron chi connectivity index (χ1n) is 5.22. The van der Waals surface area contributed by atoms with Gasteiger partial charge >= 0.3 is 6.18 Å². The molecule has 1 N–H and O–H groups in total. The molecule has 0 aromatic heterocycles. The standard InChI is InChI=1S/C11H13F3N2/c1-2-16-6-5-15-9-4-3-8(7-10(9)16)11(12,13)14/h3-4,7,15H,2,5-6H2,1H3. The van der Waals surface area contributed by atoms with Crippen LogP contribution < -0.4 is 10.2 Å². The Morgan fingerprint density at radius 3 is 2.75 bits per heavy atom. The van der Waals surface area contributed by atoms with Gasteiger partial charge in [-0.3, -0.25) is 0 Å². The lowest BCUT2D eigenvalue weighted by atomic mass is 10.1. The fourth-order valence-electron chi connectivity index (χ4n) is 1.89. The second kappa shape index (κ2) is 3.88. The molecular formula is C11H13F3N2. The molecule has 0 saturated heterocycles. The molecule has 5 heteroatoms. The van der Waals surface area contributed by atoms with E-state index in [1.54, 1.807) is 0 Å². The summed E-state index contributed by atoms with van der Waals surface area (Å²) in [6.45, 7) is 4.17. The molecule has 1 aromatic rings. The van der Waals surface area contributed by atoms with Crippen LogP contribution in [-0.4, -0.2) is 19.6 Å². The van der Waals surface area contributed by atoms with E-state index in [-0.39, 0.29) is 0 Å². The predicted molar refractivity (Wildman–Crippen MR) is 57.8 cm³/mol. The minimum Gasteiger partial charge on any atom is -0.382 e. The van der Waals surface area contributed by atoms with Gasteiger partial charge in [-0.05, 0) is 25.1 Å². The minimum atomic E-state index is -4.27.